The van der Waals surface area contributed by atoms with Gasteiger partial charge in [-0.3, -0.25) is 0 Å². The molecule has 1 N–H and O–H groups in total. The van der Waals surface area contributed by atoms with E-state index in [-0.39, 0.29) is 17.3 Å². The van der Waals surface area contributed by atoms with Crippen molar-refractivity contribution in [3.05, 3.63) is 138 Å². The van der Waals surface area contributed by atoms with Crippen molar-refractivity contribution in [2.75, 3.05) is 0 Å². The van der Waals surface area contributed by atoms with Gasteiger partial charge >= 0.3 is 0 Å². The van der Waals surface area contributed by atoms with E-state index in [0.29, 0.717) is 5.75 Å². The number of para-hydroxylation sites is 1. The van der Waals surface area contributed by atoms with Crippen LogP contribution < -0.4 is 0 Å². The van der Waals surface area contributed by atoms with E-state index in [2.05, 4.69) is 97.1 Å². The third kappa shape index (κ3) is 2.47. The molecular formula is C27H22O. The van der Waals surface area contributed by atoms with E-state index in [1.807, 2.05) is 12.1 Å². The van der Waals surface area contributed by atoms with Crippen molar-refractivity contribution in [3.8, 4) is 5.75 Å². The normalized spacial score (nSPS) is 19.9. The number of phenols is 1. The molecule has 0 amide bonds. The molecule has 1 aliphatic rings. The summed E-state index contributed by atoms with van der Waals surface area (Å²) in [5, 5.41) is 10.7. The molecule has 1 heteroatoms. The predicted molar refractivity (Wildman–Crippen MR) is 114 cm³/mol. The van der Waals surface area contributed by atoms with Crippen LogP contribution in [0.2, 0.25) is 0 Å². The Morgan fingerprint density at radius 2 is 0.964 bits per heavy atom. The number of hydrogen-bond acceptors (Lipinski definition) is 1. The summed E-state index contributed by atoms with van der Waals surface area (Å²) in [7, 11) is 0. The van der Waals surface area contributed by atoms with E-state index in [9.17, 15) is 5.11 Å². The molecule has 1 aliphatic carbocycles. The minimum absolute atomic E-state index is 0.181. The lowest BCUT2D eigenvalue weighted by molar-refractivity contribution is 0.467. The fraction of sp³-hybridized carbons (Fsp3) is 0.111. The van der Waals surface area contributed by atoms with Crippen molar-refractivity contribution in [1.82, 2.24) is 0 Å². The number of rotatable bonds is 4. The van der Waals surface area contributed by atoms with Gasteiger partial charge < -0.3 is 5.11 Å². The fourth-order valence-electron chi connectivity index (χ4n) is 4.99. The Kier molecular flexibility index (Phi) is 4.02. The van der Waals surface area contributed by atoms with Gasteiger partial charge in [0.25, 0.3) is 0 Å². The van der Waals surface area contributed by atoms with E-state index >= 15 is 0 Å². The van der Waals surface area contributed by atoms with Gasteiger partial charge in [-0.25, -0.2) is 0 Å². The molecular weight excluding hydrogens is 340 g/mol. The zero-order valence-electron chi connectivity index (χ0n) is 15.6. The molecule has 4 aromatic carbocycles. The van der Waals surface area contributed by atoms with Gasteiger partial charge in [0.05, 0.1) is 0 Å². The number of hydrogen-bond donors (Lipinski definition) is 1. The topological polar surface area (TPSA) is 20.2 Å². The van der Waals surface area contributed by atoms with Gasteiger partial charge in [-0.2, -0.15) is 0 Å². The highest BCUT2D eigenvalue weighted by molar-refractivity contribution is 5.63. The summed E-state index contributed by atoms with van der Waals surface area (Å²) in [6.45, 7) is 0. The van der Waals surface area contributed by atoms with E-state index in [4.69, 9.17) is 0 Å². The molecule has 0 bridgehead atoms. The molecule has 2 unspecified atom stereocenters. The summed E-state index contributed by atoms with van der Waals surface area (Å²) in [6.07, 6.45) is 0. The standard InChI is InChI=1S/C27H22O/c28-24-19-11-10-18-23(24)26-25(20-12-4-1-5-13-20)27(26,21-14-6-2-7-15-21)22-16-8-3-9-17-22/h1-19,25-26,28H. The molecule has 1 saturated carbocycles. The summed E-state index contributed by atoms with van der Waals surface area (Å²) in [4.78, 5) is 0. The molecule has 0 radical (unpaired) electrons. The van der Waals surface area contributed by atoms with Crippen molar-refractivity contribution in [1.29, 1.82) is 0 Å². The van der Waals surface area contributed by atoms with Crippen LogP contribution in [-0.2, 0) is 5.41 Å². The number of phenolic OH excluding ortho intramolecular Hbond substituents is 1. The highest BCUT2D eigenvalue weighted by Gasteiger charge is 2.67. The van der Waals surface area contributed by atoms with Crippen LogP contribution in [0.1, 0.15) is 34.1 Å². The molecule has 0 aliphatic heterocycles. The Morgan fingerprint density at radius 1 is 0.500 bits per heavy atom. The van der Waals surface area contributed by atoms with Crippen molar-refractivity contribution < 1.29 is 5.11 Å². The minimum Gasteiger partial charge on any atom is -0.508 e. The van der Waals surface area contributed by atoms with Gasteiger partial charge in [0.2, 0.25) is 0 Å². The second kappa shape index (κ2) is 6.69. The Hall–Kier alpha value is -3.32. The third-order valence-electron chi connectivity index (χ3n) is 6.14. The van der Waals surface area contributed by atoms with E-state index < -0.39 is 0 Å². The van der Waals surface area contributed by atoms with Crippen LogP contribution >= 0.6 is 0 Å². The fourth-order valence-corrected chi connectivity index (χ4v) is 4.99. The van der Waals surface area contributed by atoms with Crippen molar-refractivity contribution in [3.63, 3.8) is 0 Å². The third-order valence-corrected chi connectivity index (χ3v) is 6.14. The Bertz CT molecular complexity index is 1030. The molecule has 1 nitrogen and oxygen atoms in total. The van der Waals surface area contributed by atoms with E-state index in [1.165, 1.54) is 16.7 Å². The average molecular weight is 362 g/mol. The second-order valence-corrected chi connectivity index (χ2v) is 7.53. The number of aromatic hydroxyl groups is 1. The lowest BCUT2D eigenvalue weighted by Gasteiger charge is -2.21. The zero-order valence-corrected chi connectivity index (χ0v) is 15.6. The Balaban J connectivity index is 1.79. The van der Waals surface area contributed by atoms with Crippen LogP contribution in [-0.4, -0.2) is 5.11 Å². The van der Waals surface area contributed by atoms with E-state index in [0.717, 1.165) is 5.56 Å². The smallest absolute Gasteiger partial charge is 0.119 e. The Morgan fingerprint density at radius 3 is 1.50 bits per heavy atom. The average Bonchev–Trinajstić information content (AvgIpc) is 3.47. The van der Waals surface area contributed by atoms with Crippen LogP contribution in [0, 0.1) is 0 Å². The largest absolute Gasteiger partial charge is 0.508 e. The summed E-state index contributed by atoms with van der Waals surface area (Å²) in [5.41, 5.74) is 4.72. The summed E-state index contributed by atoms with van der Waals surface area (Å²) in [5.74, 6) is 0.829. The maximum atomic E-state index is 10.7. The predicted octanol–water partition coefficient (Wildman–Crippen LogP) is 6.26. The van der Waals surface area contributed by atoms with Gasteiger partial charge in [0.1, 0.15) is 5.75 Å². The quantitative estimate of drug-likeness (QED) is 0.454. The first kappa shape index (κ1) is 16.8. The van der Waals surface area contributed by atoms with Gasteiger partial charge in [0.15, 0.2) is 0 Å². The van der Waals surface area contributed by atoms with E-state index in [1.54, 1.807) is 6.07 Å². The molecule has 28 heavy (non-hydrogen) atoms. The minimum atomic E-state index is -0.192. The van der Waals surface area contributed by atoms with Crippen LogP contribution in [0.3, 0.4) is 0 Å². The lowest BCUT2D eigenvalue weighted by atomic mass is 9.82. The zero-order chi connectivity index (χ0) is 19.0. The van der Waals surface area contributed by atoms with Crippen molar-refractivity contribution in [2.45, 2.75) is 17.3 Å². The van der Waals surface area contributed by atoms with Crippen molar-refractivity contribution in [2.24, 2.45) is 0 Å². The molecule has 0 spiro atoms. The first-order chi connectivity index (χ1) is 13.8. The molecule has 2 atom stereocenters. The van der Waals surface area contributed by atoms with Gasteiger partial charge in [0, 0.05) is 17.3 Å². The van der Waals surface area contributed by atoms with Gasteiger partial charge in [-0.15, -0.1) is 0 Å². The van der Waals surface area contributed by atoms with Crippen molar-refractivity contribution >= 4 is 0 Å². The molecule has 0 aromatic heterocycles. The molecule has 4 aromatic rings. The molecule has 5 rings (SSSR count). The molecule has 0 heterocycles. The maximum absolute atomic E-state index is 10.7. The second-order valence-electron chi connectivity index (χ2n) is 7.53. The van der Waals surface area contributed by atoms with Crippen LogP contribution in [0.4, 0.5) is 0 Å². The first-order valence-electron chi connectivity index (χ1n) is 9.77. The SMILES string of the molecule is Oc1ccccc1C1C(c2ccccc2)C1(c1ccccc1)c1ccccc1. The molecule has 0 saturated heterocycles. The summed E-state index contributed by atoms with van der Waals surface area (Å²) < 4.78 is 0. The highest BCUT2D eigenvalue weighted by Crippen LogP contribution is 2.74. The monoisotopic (exact) mass is 362 g/mol. The summed E-state index contributed by atoms with van der Waals surface area (Å²) >= 11 is 0. The Labute approximate surface area is 165 Å². The van der Waals surface area contributed by atoms with Crippen LogP contribution in [0.25, 0.3) is 0 Å². The summed E-state index contributed by atoms with van der Waals surface area (Å²) in [6, 6.07) is 40.0. The van der Waals surface area contributed by atoms with Crippen LogP contribution in [0.15, 0.2) is 115 Å². The molecule has 136 valence electrons. The van der Waals surface area contributed by atoms with Gasteiger partial charge in [-0.1, -0.05) is 109 Å². The molecule has 1 fully saturated rings. The number of benzene rings is 4. The first-order valence-corrected chi connectivity index (χ1v) is 9.77. The lowest BCUT2D eigenvalue weighted by Crippen LogP contribution is -2.13. The van der Waals surface area contributed by atoms with Crippen LogP contribution in [0.5, 0.6) is 5.75 Å². The maximum Gasteiger partial charge on any atom is 0.119 e. The van der Waals surface area contributed by atoms with Gasteiger partial charge in [-0.05, 0) is 28.3 Å². The highest BCUT2D eigenvalue weighted by atomic mass is 16.3.